The van der Waals surface area contributed by atoms with Crippen LogP contribution in [-0.4, -0.2) is 27.5 Å². The number of carbonyl (C=O) groups is 2. The van der Waals surface area contributed by atoms with Crippen molar-refractivity contribution in [3.8, 4) is 0 Å². The van der Waals surface area contributed by atoms with Gasteiger partial charge in [0.15, 0.2) is 0 Å². The first-order valence-electron chi connectivity index (χ1n) is 7.02. The number of hydrogen-bond acceptors (Lipinski definition) is 3. The first-order chi connectivity index (χ1) is 9.84. The summed E-state index contributed by atoms with van der Waals surface area (Å²) in [5, 5.41) is 12.5. The van der Waals surface area contributed by atoms with Gasteiger partial charge in [0.1, 0.15) is 5.54 Å². The molecule has 2 rings (SSSR count). The fourth-order valence-corrected chi connectivity index (χ4v) is 2.92. The molecule has 1 aromatic rings. The number of rotatable bonds is 3. The van der Waals surface area contributed by atoms with Crippen LogP contribution in [0.1, 0.15) is 48.7 Å². The minimum Gasteiger partial charge on any atom is -0.480 e. The van der Waals surface area contributed by atoms with Crippen molar-refractivity contribution >= 4 is 23.5 Å². The van der Waals surface area contributed by atoms with E-state index in [9.17, 15) is 14.7 Å². The molecule has 0 aliphatic heterocycles. The maximum atomic E-state index is 12.3. The van der Waals surface area contributed by atoms with Gasteiger partial charge in [-0.2, -0.15) is 0 Å². The third-order valence-corrected chi connectivity index (χ3v) is 4.44. The van der Waals surface area contributed by atoms with Crippen LogP contribution in [-0.2, 0) is 4.79 Å². The molecular weight excluding hydrogens is 292 g/mol. The number of halogens is 1. The Balaban J connectivity index is 2.21. The van der Waals surface area contributed by atoms with E-state index in [1.165, 1.54) is 6.20 Å². The molecule has 0 radical (unpaired) electrons. The fourth-order valence-electron chi connectivity index (χ4n) is 2.63. The van der Waals surface area contributed by atoms with Crippen LogP contribution in [0.5, 0.6) is 0 Å². The molecule has 1 aromatic heterocycles. The number of pyridine rings is 1. The molecule has 0 bridgehead atoms. The number of amides is 1. The highest BCUT2D eigenvalue weighted by molar-refractivity contribution is 6.33. The molecular formula is C15H19ClN2O3. The van der Waals surface area contributed by atoms with Gasteiger partial charge in [-0.15, -0.1) is 0 Å². The Morgan fingerprint density at radius 3 is 2.57 bits per heavy atom. The standard InChI is InChI=1S/C15H19ClN2O3/c1-9-3-5-15(6-4-9,14(20)21)18-13(19)11-8-17-10(2)7-12(11)16/h7-9H,3-6H2,1-2H3,(H,18,19)(H,20,21). The van der Waals surface area contributed by atoms with Gasteiger partial charge in [-0.25, -0.2) is 4.79 Å². The smallest absolute Gasteiger partial charge is 0.329 e. The summed E-state index contributed by atoms with van der Waals surface area (Å²) >= 11 is 6.04. The van der Waals surface area contributed by atoms with Crippen LogP contribution in [0.25, 0.3) is 0 Å². The van der Waals surface area contributed by atoms with E-state index in [4.69, 9.17) is 11.6 Å². The van der Waals surface area contributed by atoms with Crippen molar-refractivity contribution in [2.45, 2.75) is 45.1 Å². The van der Waals surface area contributed by atoms with Gasteiger partial charge in [-0.1, -0.05) is 18.5 Å². The second kappa shape index (κ2) is 6.02. The van der Waals surface area contributed by atoms with E-state index in [0.717, 1.165) is 12.8 Å². The molecule has 0 saturated heterocycles. The summed E-state index contributed by atoms with van der Waals surface area (Å²) < 4.78 is 0. The van der Waals surface area contributed by atoms with Crippen LogP contribution in [0.3, 0.4) is 0 Å². The molecule has 5 nitrogen and oxygen atoms in total. The summed E-state index contributed by atoms with van der Waals surface area (Å²) in [6.45, 7) is 3.86. The highest BCUT2D eigenvalue weighted by atomic mass is 35.5. The number of hydrogen-bond donors (Lipinski definition) is 2. The Hall–Kier alpha value is -1.62. The fraction of sp³-hybridized carbons (Fsp3) is 0.533. The lowest BCUT2D eigenvalue weighted by atomic mass is 9.77. The Labute approximate surface area is 128 Å². The van der Waals surface area contributed by atoms with Crippen LogP contribution in [0.2, 0.25) is 5.02 Å². The van der Waals surface area contributed by atoms with Crippen molar-refractivity contribution in [3.63, 3.8) is 0 Å². The Morgan fingerprint density at radius 2 is 2.05 bits per heavy atom. The van der Waals surface area contributed by atoms with Gasteiger partial charge < -0.3 is 10.4 Å². The zero-order chi connectivity index (χ0) is 15.6. The zero-order valence-electron chi connectivity index (χ0n) is 12.1. The van der Waals surface area contributed by atoms with E-state index in [1.807, 2.05) is 0 Å². The molecule has 1 heterocycles. The molecule has 0 aromatic carbocycles. The highest BCUT2D eigenvalue weighted by Gasteiger charge is 2.42. The first-order valence-corrected chi connectivity index (χ1v) is 7.40. The molecule has 1 amide bonds. The van der Waals surface area contributed by atoms with Gasteiger partial charge in [0, 0.05) is 11.9 Å². The first kappa shape index (κ1) is 15.8. The third kappa shape index (κ3) is 3.35. The number of aryl methyl sites for hydroxylation is 1. The van der Waals surface area contributed by atoms with E-state index in [-0.39, 0.29) is 10.6 Å². The van der Waals surface area contributed by atoms with Gasteiger partial charge >= 0.3 is 5.97 Å². The number of nitrogens with one attached hydrogen (secondary N) is 1. The predicted molar refractivity (Wildman–Crippen MR) is 79.4 cm³/mol. The number of carboxylic acid groups (broad SMARTS) is 1. The van der Waals surface area contributed by atoms with Crippen molar-refractivity contribution in [2.75, 3.05) is 0 Å². The molecule has 2 N–H and O–H groups in total. The molecule has 1 saturated carbocycles. The van der Waals surface area contributed by atoms with Crippen molar-refractivity contribution < 1.29 is 14.7 Å². The van der Waals surface area contributed by atoms with Crippen molar-refractivity contribution in [1.82, 2.24) is 10.3 Å². The predicted octanol–water partition coefficient (Wildman–Crippen LogP) is 2.81. The highest BCUT2D eigenvalue weighted by Crippen LogP contribution is 2.32. The molecule has 0 spiro atoms. The molecule has 1 aliphatic rings. The molecule has 1 aliphatic carbocycles. The second-order valence-electron chi connectivity index (χ2n) is 5.83. The third-order valence-electron chi connectivity index (χ3n) is 4.12. The van der Waals surface area contributed by atoms with Crippen LogP contribution in [0, 0.1) is 12.8 Å². The van der Waals surface area contributed by atoms with E-state index in [0.29, 0.717) is 24.5 Å². The maximum Gasteiger partial charge on any atom is 0.329 e. The summed E-state index contributed by atoms with van der Waals surface area (Å²) in [5.74, 6) is -0.984. The summed E-state index contributed by atoms with van der Waals surface area (Å²) in [7, 11) is 0. The molecule has 1 fully saturated rings. The molecule has 0 unspecified atom stereocenters. The van der Waals surface area contributed by atoms with Crippen molar-refractivity contribution in [1.29, 1.82) is 0 Å². The Bertz CT molecular complexity index is 566. The van der Waals surface area contributed by atoms with E-state index >= 15 is 0 Å². The summed E-state index contributed by atoms with van der Waals surface area (Å²) in [4.78, 5) is 28.0. The molecule has 21 heavy (non-hydrogen) atoms. The van der Waals surface area contributed by atoms with Crippen molar-refractivity contribution in [3.05, 3.63) is 28.5 Å². The number of carboxylic acids is 1. The van der Waals surface area contributed by atoms with Crippen LogP contribution in [0.4, 0.5) is 0 Å². The lowest BCUT2D eigenvalue weighted by Gasteiger charge is -2.36. The Morgan fingerprint density at radius 1 is 1.43 bits per heavy atom. The number of aromatic nitrogens is 1. The SMILES string of the molecule is Cc1cc(Cl)c(C(=O)NC2(C(=O)O)CCC(C)CC2)cn1. The lowest BCUT2D eigenvalue weighted by molar-refractivity contribution is -0.146. The second-order valence-corrected chi connectivity index (χ2v) is 6.24. The zero-order valence-corrected chi connectivity index (χ0v) is 12.9. The summed E-state index contributed by atoms with van der Waals surface area (Å²) in [6.07, 6.45) is 3.82. The maximum absolute atomic E-state index is 12.3. The number of nitrogens with zero attached hydrogens (tertiary/aromatic N) is 1. The monoisotopic (exact) mass is 310 g/mol. The van der Waals surface area contributed by atoms with E-state index in [2.05, 4.69) is 17.2 Å². The lowest BCUT2D eigenvalue weighted by Crippen LogP contribution is -2.56. The molecule has 0 atom stereocenters. The summed E-state index contributed by atoms with van der Waals surface area (Å²) in [6, 6.07) is 1.59. The topological polar surface area (TPSA) is 79.3 Å². The van der Waals surface area contributed by atoms with Crippen LogP contribution >= 0.6 is 11.6 Å². The van der Waals surface area contributed by atoms with E-state index < -0.39 is 17.4 Å². The average Bonchev–Trinajstić information content (AvgIpc) is 2.41. The van der Waals surface area contributed by atoms with Gasteiger partial charge in [0.2, 0.25) is 0 Å². The molecule has 114 valence electrons. The van der Waals surface area contributed by atoms with Gasteiger partial charge in [0.25, 0.3) is 5.91 Å². The van der Waals surface area contributed by atoms with Crippen molar-refractivity contribution in [2.24, 2.45) is 5.92 Å². The minimum atomic E-state index is -1.20. The van der Waals surface area contributed by atoms with E-state index in [1.54, 1.807) is 13.0 Å². The summed E-state index contributed by atoms with van der Waals surface area (Å²) in [5.41, 5.74) is -0.282. The van der Waals surface area contributed by atoms with Crippen LogP contribution in [0.15, 0.2) is 12.3 Å². The normalized spacial score (nSPS) is 25.4. The van der Waals surface area contributed by atoms with Gasteiger partial charge in [-0.05, 0) is 44.6 Å². The van der Waals surface area contributed by atoms with Gasteiger partial charge in [0.05, 0.1) is 10.6 Å². The number of aliphatic carboxylic acids is 1. The molecule has 6 heteroatoms. The largest absolute Gasteiger partial charge is 0.480 e. The Kier molecular flexibility index (Phi) is 4.52. The minimum absolute atomic E-state index is 0.210. The quantitative estimate of drug-likeness (QED) is 0.899. The van der Waals surface area contributed by atoms with Crippen LogP contribution < -0.4 is 5.32 Å². The van der Waals surface area contributed by atoms with Gasteiger partial charge in [-0.3, -0.25) is 9.78 Å². The average molecular weight is 311 g/mol. The number of carbonyl (C=O) groups excluding carboxylic acids is 1.